The van der Waals surface area contributed by atoms with Crippen molar-refractivity contribution in [2.75, 3.05) is 0 Å². The summed E-state index contributed by atoms with van der Waals surface area (Å²) in [6.45, 7) is 13.0. The first-order valence-electron chi connectivity index (χ1n) is 7.85. The summed E-state index contributed by atoms with van der Waals surface area (Å²) in [5.74, 6) is 0. The Morgan fingerprint density at radius 2 is 2.05 bits per heavy atom. The normalized spacial score (nSPS) is 18.6. The first-order valence-corrected chi connectivity index (χ1v) is 7.85. The van der Waals surface area contributed by atoms with Crippen molar-refractivity contribution in [2.45, 2.75) is 46.6 Å². The van der Waals surface area contributed by atoms with Gasteiger partial charge in [-0.3, -0.25) is 0 Å². The van der Waals surface area contributed by atoms with Gasteiger partial charge in [0.15, 0.2) is 0 Å². The molecule has 1 aromatic carbocycles. The molecule has 0 aromatic heterocycles. The van der Waals surface area contributed by atoms with Gasteiger partial charge in [0, 0.05) is 6.20 Å². The van der Waals surface area contributed by atoms with Gasteiger partial charge in [0.25, 0.3) is 0 Å². The second kappa shape index (κ2) is 6.34. The van der Waals surface area contributed by atoms with Crippen LogP contribution in [-0.2, 0) is 6.42 Å². The van der Waals surface area contributed by atoms with E-state index in [-0.39, 0.29) is 11.5 Å². The second-order valence-corrected chi connectivity index (χ2v) is 6.76. The zero-order valence-corrected chi connectivity index (χ0v) is 13.8. The summed E-state index contributed by atoms with van der Waals surface area (Å²) in [4.78, 5) is 2.18. The quantitative estimate of drug-likeness (QED) is 0.691. The molecule has 1 aromatic rings. The van der Waals surface area contributed by atoms with Crippen molar-refractivity contribution in [3.63, 3.8) is 0 Å². The van der Waals surface area contributed by atoms with Crippen LogP contribution in [0, 0.1) is 5.41 Å². The Morgan fingerprint density at radius 3 is 2.67 bits per heavy atom. The number of aryl methyl sites for hydroxylation is 1. The number of nitrogens with zero attached hydrogens (tertiary/aromatic N) is 1. The van der Waals surface area contributed by atoms with Crippen LogP contribution in [0.1, 0.15) is 51.3 Å². The van der Waals surface area contributed by atoms with Crippen LogP contribution in [-0.4, -0.2) is 4.90 Å². The summed E-state index contributed by atoms with van der Waals surface area (Å²) >= 11 is 0. The maximum absolute atomic E-state index is 3.95. The van der Waals surface area contributed by atoms with Crippen LogP contribution in [0.2, 0.25) is 0 Å². The predicted octanol–water partition coefficient (Wildman–Crippen LogP) is 5.63. The Labute approximate surface area is 129 Å². The van der Waals surface area contributed by atoms with Gasteiger partial charge >= 0.3 is 0 Å². The largest absolute Gasteiger partial charge is 0.344 e. The molecule has 0 saturated heterocycles. The highest BCUT2D eigenvalue weighted by atomic mass is 15.1. The highest BCUT2D eigenvalue weighted by Crippen LogP contribution is 2.35. The van der Waals surface area contributed by atoms with Gasteiger partial charge in [0.05, 0.1) is 6.04 Å². The van der Waals surface area contributed by atoms with Crippen LogP contribution in [0.25, 0.3) is 0 Å². The lowest BCUT2D eigenvalue weighted by Crippen LogP contribution is -2.22. The summed E-state index contributed by atoms with van der Waals surface area (Å²) in [6.07, 6.45) is 10.9. The van der Waals surface area contributed by atoms with Gasteiger partial charge in [-0.15, -0.1) is 0 Å². The molecule has 0 aliphatic carbocycles. The molecule has 0 fully saturated rings. The number of rotatable bonds is 4. The van der Waals surface area contributed by atoms with Crippen molar-refractivity contribution in [2.24, 2.45) is 5.41 Å². The lowest BCUT2D eigenvalue weighted by atomic mass is 9.83. The van der Waals surface area contributed by atoms with Gasteiger partial charge in [-0.2, -0.15) is 0 Å². The number of hydrogen-bond acceptors (Lipinski definition) is 1. The van der Waals surface area contributed by atoms with Crippen LogP contribution in [0.3, 0.4) is 0 Å². The van der Waals surface area contributed by atoms with Crippen molar-refractivity contribution < 1.29 is 0 Å². The molecule has 1 nitrogen and oxygen atoms in total. The summed E-state index contributed by atoms with van der Waals surface area (Å²) < 4.78 is 0. The molecule has 1 atom stereocenters. The van der Waals surface area contributed by atoms with E-state index in [0.717, 1.165) is 6.42 Å². The molecule has 0 amide bonds. The minimum atomic E-state index is 0.170. The van der Waals surface area contributed by atoms with Crippen LogP contribution >= 0.6 is 0 Å². The zero-order chi connectivity index (χ0) is 15.5. The van der Waals surface area contributed by atoms with E-state index < -0.39 is 0 Å². The zero-order valence-electron chi connectivity index (χ0n) is 13.8. The van der Waals surface area contributed by atoms with Crippen molar-refractivity contribution >= 4 is 0 Å². The minimum Gasteiger partial charge on any atom is -0.344 e. The fraction of sp³-hybridized carbons (Fsp3) is 0.400. The SMILES string of the molecule is C=CN1C=CC(C(C)(C)C)=CC1c1cccc(CCC)c1. The molecule has 0 bridgehead atoms. The van der Waals surface area contributed by atoms with E-state index in [9.17, 15) is 0 Å². The van der Waals surface area contributed by atoms with E-state index in [4.69, 9.17) is 0 Å². The lowest BCUT2D eigenvalue weighted by Gasteiger charge is -2.33. The molecular weight excluding hydrogens is 254 g/mol. The molecule has 2 rings (SSSR count). The second-order valence-electron chi connectivity index (χ2n) is 6.76. The summed E-state index contributed by atoms with van der Waals surface area (Å²) in [7, 11) is 0. The van der Waals surface area contributed by atoms with Gasteiger partial charge < -0.3 is 4.90 Å². The molecule has 0 saturated carbocycles. The smallest absolute Gasteiger partial charge is 0.0769 e. The van der Waals surface area contributed by atoms with Crippen LogP contribution in [0.4, 0.5) is 0 Å². The molecule has 1 aliphatic heterocycles. The molecule has 0 N–H and O–H groups in total. The molecule has 0 radical (unpaired) electrons. The van der Waals surface area contributed by atoms with Gasteiger partial charge in [-0.05, 0) is 40.8 Å². The highest BCUT2D eigenvalue weighted by Gasteiger charge is 2.23. The van der Waals surface area contributed by atoms with Crippen LogP contribution in [0.5, 0.6) is 0 Å². The topological polar surface area (TPSA) is 3.24 Å². The van der Waals surface area contributed by atoms with E-state index >= 15 is 0 Å². The molecule has 1 aliphatic rings. The number of allylic oxidation sites excluding steroid dienone is 2. The molecule has 112 valence electrons. The fourth-order valence-corrected chi connectivity index (χ4v) is 2.73. The summed E-state index contributed by atoms with van der Waals surface area (Å²) in [5, 5.41) is 0. The van der Waals surface area contributed by atoms with E-state index in [2.05, 4.69) is 81.8 Å². The van der Waals surface area contributed by atoms with Crippen molar-refractivity contribution in [1.29, 1.82) is 0 Å². The average Bonchev–Trinajstić information content (AvgIpc) is 2.46. The van der Waals surface area contributed by atoms with E-state index in [1.807, 2.05) is 6.20 Å². The van der Waals surface area contributed by atoms with Crippen LogP contribution in [0.15, 0.2) is 61.0 Å². The van der Waals surface area contributed by atoms with Gasteiger partial charge in [0.1, 0.15) is 0 Å². The Balaban J connectivity index is 2.38. The predicted molar refractivity (Wildman–Crippen MR) is 91.9 cm³/mol. The van der Waals surface area contributed by atoms with E-state index in [1.165, 1.54) is 23.1 Å². The molecular formula is C20H27N. The highest BCUT2D eigenvalue weighted by molar-refractivity contribution is 5.37. The van der Waals surface area contributed by atoms with E-state index in [1.54, 1.807) is 0 Å². The Bertz CT molecular complexity index is 557. The number of benzene rings is 1. The van der Waals surface area contributed by atoms with Gasteiger partial charge in [0.2, 0.25) is 0 Å². The first-order chi connectivity index (χ1) is 9.95. The maximum Gasteiger partial charge on any atom is 0.0769 e. The van der Waals surface area contributed by atoms with Gasteiger partial charge in [-0.1, -0.05) is 71.0 Å². The lowest BCUT2D eigenvalue weighted by molar-refractivity contribution is 0.413. The molecule has 1 heterocycles. The van der Waals surface area contributed by atoms with Crippen molar-refractivity contribution in [3.8, 4) is 0 Å². The van der Waals surface area contributed by atoms with Crippen molar-refractivity contribution in [3.05, 3.63) is 72.1 Å². The average molecular weight is 281 g/mol. The molecule has 1 heteroatoms. The minimum absolute atomic E-state index is 0.170. The molecule has 0 spiro atoms. The molecule has 21 heavy (non-hydrogen) atoms. The Hall–Kier alpha value is -1.76. The van der Waals surface area contributed by atoms with E-state index in [0.29, 0.717) is 0 Å². The van der Waals surface area contributed by atoms with Gasteiger partial charge in [-0.25, -0.2) is 0 Å². The van der Waals surface area contributed by atoms with Crippen molar-refractivity contribution in [1.82, 2.24) is 4.90 Å². The fourth-order valence-electron chi connectivity index (χ4n) is 2.73. The third kappa shape index (κ3) is 3.66. The number of hydrogen-bond donors (Lipinski definition) is 0. The Morgan fingerprint density at radius 1 is 1.29 bits per heavy atom. The first kappa shape index (κ1) is 15.6. The monoisotopic (exact) mass is 281 g/mol. The summed E-state index contributed by atoms with van der Waals surface area (Å²) in [5.41, 5.74) is 4.31. The maximum atomic E-state index is 3.95. The molecule has 1 unspecified atom stereocenters. The third-order valence-electron chi connectivity index (χ3n) is 3.99. The standard InChI is InChI=1S/C20H27N/c1-6-9-16-10-8-11-17(14-16)19-15-18(20(3,4)5)12-13-21(19)7-2/h7-8,10-15,19H,2,6,9H2,1,3-5H3. The Kier molecular flexibility index (Phi) is 4.72. The van der Waals surface area contributed by atoms with Crippen LogP contribution < -0.4 is 0 Å². The summed E-state index contributed by atoms with van der Waals surface area (Å²) in [6, 6.07) is 9.19. The third-order valence-corrected chi connectivity index (χ3v) is 3.99.